The summed E-state index contributed by atoms with van der Waals surface area (Å²) < 4.78 is 4.44. The zero-order valence-corrected chi connectivity index (χ0v) is 7.50. The van der Waals surface area contributed by atoms with Crippen molar-refractivity contribution >= 4 is 5.97 Å². The maximum atomic E-state index is 10.9. The Morgan fingerprint density at radius 2 is 2.29 bits per heavy atom. The third-order valence-corrected chi connectivity index (χ3v) is 0.960. The fourth-order valence-corrected chi connectivity index (χ4v) is 0.532. The zero-order valence-electron chi connectivity index (χ0n) is 7.50. The number of carbonyl (C=O) groups excluding carboxylic acids is 1. The molecule has 0 heterocycles. The zero-order chi connectivity index (χ0) is 11.1. The second-order valence-corrected chi connectivity index (χ2v) is 2.26. The molecule has 0 saturated carbocycles. The third kappa shape index (κ3) is 5.58. The molecule has 14 heavy (non-hydrogen) atoms. The molecule has 7 heteroatoms. The van der Waals surface area contributed by atoms with Gasteiger partial charge < -0.3 is 10.5 Å². The number of rotatable bonds is 5. The van der Waals surface area contributed by atoms with E-state index in [-0.39, 0.29) is 5.70 Å². The SMILES string of the molecule is C=CC(OC(=O)C=C(C)N)O[N+](=O)[O-]. The largest absolute Gasteiger partial charge is 0.428 e. The molecule has 0 fully saturated rings. The van der Waals surface area contributed by atoms with E-state index in [9.17, 15) is 14.9 Å². The number of esters is 1. The van der Waals surface area contributed by atoms with Crippen LogP contribution < -0.4 is 5.73 Å². The molecule has 0 aliphatic rings. The molecule has 0 radical (unpaired) electrons. The second kappa shape index (κ2) is 5.57. The fraction of sp³-hybridized carbons (Fsp3) is 0.286. The van der Waals surface area contributed by atoms with Crippen LogP contribution in [0, 0.1) is 10.1 Å². The van der Waals surface area contributed by atoms with E-state index in [0.29, 0.717) is 0 Å². The summed E-state index contributed by atoms with van der Waals surface area (Å²) in [5.74, 6) is -0.836. The van der Waals surface area contributed by atoms with Crippen molar-refractivity contribution in [2.24, 2.45) is 5.73 Å². The van der Waals surface area contributed by atoms with Crippen LogP contribution in [0.3, 0.4) is 0 Å². The smallest absolute Gasteiger partial charge is 0.334 e. The van der Waals surface area contributed by atoms with Gasteiger partial charge in [-0.3, -0.25) is 4.84 Å². The molecule has 0 bridgehead atoms. The standard InChI is InChI=1S/C7H10N2O5/c1-3-7(14-9(11)12)13-6(10)4-5(2)8/h3-4,7H,1,8H2,2H3. The van der Waals surface area contributed by atoms with Crippen LogP contribution >= 0.6 is 0 Å². The highest BCUT2D eigenvalue weighted by Crippen LogP contribution is 1.98. The average Bonchev–Trinajstić information content (AvgIpc) is 2.00. The van der Waals surface area contributed by atoms with Crippen molar-refractivity contribution in [1.82, 2.24) is 0 Å². The molecule has 2 N–H and O–H groups in total. The Morgan fingerprint density at radius 3 is 2.64 bits per heavy atom. The number of carbonyl (C=O) groups is 1. The van der Waals surface area contributed by atoms with Crippen LogP contribution in [0.1, 0.15) is 6.92 Å². The highest BCUT2D eigenvalue weighted by atomic mass is 17.0. The van der Waals surface area contributed by atoms with Gasteiger partial charge in [0.05, 0.1) is 0 Å². The van der Waals surface area contributed by atoms with Crippen LogP contribution in [0.2, 0.25) is 0 Å². The molecule has 1 unspecified atom stereocenters. The molecule has 78 valence electrons. The minimum atomic E-state index is -1.42. The maximum Gasteiger partial charge on any atom is 0.334 e. The molecular formula is C7H10N2O5. The van der Waals surface area contributed by atoms with E-state index < -0.39 is 17.3 Å². The second-order valence-electron chi connectivity index (χ2n) is 2.26. The number of hydrogen-bond donors (Lipinski definition) is 1. The minimum absolute atomic E-state index is 0.221. The molecule has 0 aromatic carbocycles. The summed E-state index contributed by atoms with van der Waals surface area (Å²) in [6, 6.07) is 0. The van der Waals surface area contributed by atoms with Crippen molar-refractivity contribution in [3.8, 4) is 0 Å². The van der Waals surface area contributed by atoms with Gasteiger partial charge >= 0.3 is 5.97 Å². The predicted molar refractivity (Wildman–Crippen MR) is 46.1 cm³/mol. The molecule has 0 aliphatic carbocycles. The molecule has 0 aromatic heterocycles. The number of hydrogen-bond acceptors (Lipinski definition) is 6. The van der Waals surface area contributed by atoms with Gasteiger partial charge in [-0.25, -0.2) is 4.79 Å². The molecule has 0 aromatic rings. The highest BCUT2D eigenvalue weighted by Gasteiger charge is 2.12. The molecule has 0 spiro atoms. The van der Waals surface area contributed by atoms with Gasteiger partial charge in [-0.15, -0.1) is 10.1 Å². The van der Waals surface area contributed by atoms with Crippen LogP contribution in [-0.4, -0.2) is 17.3 Å². The van der Waals surface area contributed by atoms with E-state index in [1.54, 1.807) is 0 Å². The lowest BCUT2D eigenvalue weighted by molar-refractivity contribution is -0.775. The summed E-state index contributed by atoms with van der Waals surface area (Å²) in [5.41, 5.74) is 5.39. The third-order valence-electron chi connectivity index (χ3n) is 0.960. The summed E-state index contributed by atoms with van der Waals surface area (Å²) in [6.45, 7) is 4.66. The first-order chi connectivity index (χ1) is 6.45. The van der Waals surface area contributed by atoms with Crippen LogP contribution in [-0.2, 0) is 14.4 Å². The van der Waals surface area contributed by atoms with Crippen LogP contribution in [0.5, 0.6) is 0 Å². The van der Waals surface area contributed by atoms with Gasteiger partial charge in [-0.1, -0.05) is 6.58 Å². The minimum Gasteiger partial charge on any atom is -0.428 e. The molecule has 1 atom stereocenters. The topological polar surface area (TPSA) is 105 Å². The van der Waals surface area contributed by atoms with Crippen molar-refractivity contribution in [2.45, 2.75) is 13.2 Å². The Bertz CT molecular complexity index is 269. The first kappa shape index (κ1) is 11.9. The molecule has 7 nitrogen and oxygen atoms in total. The van der Waals surface area contributed by atoms with E-state index in [0.717, 1.165) is 12.2 Å². The van der Waals surface area contributed by atoms with Gasteiger partial charge in [0.2, 0.25) is 0 Å². The molecular weight excluding hydrogens is 192 g/mol. The molecule has 0 aliphatic heterocycles. The summed E-state index contributed by atoms with van der Waals surface area (Å²) in [4.78, 5) is 24.7. The van der Waals surface area contributed by atoms with Gasteiger partial charge in [0, 0.05) is 11.8 Å². The number of ether oxygens (including phenoxy) is 1. The Labute approximate surface area is 79.9 Å². The van der Waals surface area contributed by atoms with Gasteiger partial charge in [0.1, 0.15) is 0 Å². The lowest BCUT2D eigenvalue weighted by Gasteiger charge is -2.09. The first-order valence-corrected chi connectivity index (χ1v) is 3.53. The fourth-order valence-electron chi connectivity index (χ4n) is 0.532. The first-order valence-electron chi connectivity index (χ1n) is 3.53. The summed E-state index contributed by atoms with van der Waals surface area (Å²) in [7, 11) is 0. The average molecular weight is 202 g/mol. The number of nitrogens with two attached hydrogens (primary N) is 1. The van der Waals surface area contributed by atoms with Crippen molar-refractivity contribution in [3.05, 3.63) is 34.5 Å². The van der Waals surface area contributed by atoms with Gasteiger partial charge in [0.25, 0.3) is 11.4 Å². The van der Waals surface area contributed by atoms with E-state index in [4.69, 9.17) is 5.73 Å². The van der Waals surface area contributed by atoms with Crippen LogP contribution in [0.25, 0.3) is 0 Å². The van der Waals surface area contributed by atoms with E-state index in [1.807, 2.05) is 0 Å². The van der Waals surface area contributed by atoms with Gasteiger partial charge in [0.15, 0.2) is 0 Å². The van der Waals surface area contributed by atoms with Crippen LogP contribution in [0.15, 0.2) is 24.4 Å². The van der Waals surface area contributed by atoms with Crippen molar-refractivity contribution < 1.29 is 19.5 Å². The quantitative estimate of drug-likeness (QED) is 0.169. The Morgan fingerprint density at radius 1 is 1.71 bits per heavy atom. The summed E-state index contributed by atoms with van der Waals surface area (Å²) in [6.07, 6.45) is 0.522. The maximum absolute atomic E-state index is 10.9. The molecule has 0 saturated heterocycles. The molecule has 0 amide bonds. The van der Waals surface area contributed by atoms with Crippen molar-refractivity contribution in [2.75, 3.05) is 0 Å². The normalized spacial score (nSPS) is 12.8. The van der Waals surface area contributed by atoms with E-state index >= 15 is 0 Å². The Hall–Kier alpha value is -2.05. The number of nitrogens with zero attached hydrogens (tertiary/aromatic N) is 1. The van der Waals surface area contributed by atoms with E-state index in [2.05, 4.69) is 16.2 Å². The molecule has 0 rings (SSSR count). The summed E-state index contributed by atoms with van der Waals surface area (Å²) in [5, 5.41) is 8.79. The Kier molecular flexibility index (Phi) is 4.76. The van der Waals surface area contributed by atoms with Gasteiger partial charge in [-0.05, 0) is 13.0 Å². The van der Waals surface area contributed by atoms with Gasteiger partial charge in [-0.2, -0.15) is 0 Å². The predicted octanol–water partition coefficient (Wildman–Crippen LogP) is 0.113. The lowest BCUT2D eigenvalue weighted by atomic mass is 10.4. The monoisotopic (exact) mass is 202 g/mol. The van der Waals surface area contributed by atoms with Crippen molar-refractivity contribution in [1.29, 1.82) is 0 Å². The lowest BCUT2D eigenvalue weighted by Crippen LogP contribution is -2.21. The van der Waals surface area contributed by atoms with E-state index in [1.165, 1.54) is 6.92 Å². The van der Waals surface area contributed by atoms with Crippen LogP contribution in [0.4, 0.5) is 0 Å². The highest BCUT2D eigenvalue weighted by molar-refractivity contribution is 5.82. The number of allylic oxidation sites excluding steroid dienone is 1. The Balaban J connectivity index is 4.18. The van der Waals surface area contributed by atoms with Crippen molar-refractivity contribution in [3.63, 3.8) is 0 Å². The summed E-state index contributed by atoms with van der Waals surface area (Å²) >= 11 is 0.